The van der Waals surface area contributed by atoms with Gasteiger partial charge >= 0.3 is 0 Å². The molecular formula is C25H24N4O3. The van der Waals surface area contributed by atoms with Gasteiger partial charge in [-0.15, -0.1) is 5.92 Å². The fraction of sp³-hybridized carbons (Fsp3) is 0.280. The maximum Gasteiger partial charge on any atom is 0.291 e. The predicted octanol–water partition coefficient (Wildman–Crippen LogP) is 3.13. The van der Waals surface area contributed by atoms with E-state index in [4.69, 9.17) is 9.47 Å². The molecule has 1 amide bonds. The van der Waals surface area contributed by atoms with Crippen molar-refractivity contribution in [1.29, 1.82) is 0 Å². The number of aromatic nitrogens is 2. The summed E-state index contributed by atoms with van der Waals surface area (Å²) in [7, 11) is 1.89. The number of carbonyl (C=O) groups is 1. The van der Waals surface area contributed by atoms with E-state index in [1.165, 1.54) is 0 Å². The van der Waals surface area contributed by atoms with E-state index in [-0.39, 0.29) is 5.91 Å². The Balaban J connectivity index is 1.51. The summed E-state index contributed by atoms with van der Waals surface area (Å²) in [6.45, 7) is 4.43. The highest BCUT2D eigenvalue weighted by Crippen LogP contribution is 2.37. The number of benzene rings is 2. The van der Waals surface area contributed by atoms with Crippen molar-refractivity contribution in [3.05, 3.63) is 59.2 Å². The van der Waals surface area contributed by atoms with E-state index in [9.17, 15) is 4.79 Å². The second-order valence-corrected chi connectivity index (χ2v) is 7.73. The molecule has 2 aromatic carbocycles. The molecule has 0 radical (unpaired) electrons. The van der Waals surface area contributed by atoms with Gasteiger partial charge < -0.3 is 24.7 Å². The normalized spacial score (nSPS) is 14.2. The minimum atomic E-state index is -0.250. The zero-order chi connectivity index (χ0) is 22.1. The molecule has 1 aromatic heterocycles. The van der Waals surface area contributed by atoms with E-state index in [1.54, 1.807) is 6.92 Å². The van der Waals surface area contributed by atoms with Gasteiger partial charge in [0.05, 0.1) is 16.9 Å². The Hall–Kier alpha value is -3.76. The van der Waals surface area contributed by atoms with Crippen molar-refractivity contribution in [1.82, 2.24) is 14.9 Å². The Kier molecular flexibility index (Phi) is 5.29. The molecule has 7 heteroatoms. The van der Waals surface area contributed by atoms with Crippen LogP contribution in [-0.2, 0) is 20.0 Å². The fourth-order valence-electron chi connectivity index (χ4n) is 4.20. The van der Waals surface area contributed by atoms with Gasteiger partial charge in [0.2, 0.25) is 0 Å². The average Bonchev–Trinajstić information content (AvgIpc) is 3.17. The number of carbonyl (C=O) groups excluding carboxylic acids is 1. The van der Waals surface area contributed by atoms with E-state index in [0.29, 0.717) is 37.0 Å². The highest BCUT2D eigenvalue weighted by Gasteiger charge is 2.23. The molecule has 0 saturated carbocycles. The molecule has 3 aromatic rings. The fourth-order valence-corrected chi connectivity index (χ4v) is 4.20. The Labute approximate surface area is 186 Å². The number of rotatable bonds is 3. The molecule has 0 spiro atoms. The highest BCUT2D eigenvalue weighted by atomic mass is 16.6. The zero-order valence-corrected chi connectivity index (χ0v) is 18.1. The number of anilines is 1. The smallest absolute Gasteiger partial charge is 0.291 e. The van der Waals surface area contributed by atoms with Crippen LogP contribution in [0.25, 0.3) is 11.1 Å². The summed E-state index contributed by atoms with van der Waals surface area (Å²) >= 11 is 0. The van der Waals surface area contributed by atoms with Crippen LogP contribution in [0.15, 0.2) is 36.4 Å². The summed E-state index contributed by atoms with van der Waals surface area (Å²) in [5.74, 6) is 7.75. The van der Waals surface area contributed by atoms with Crippen molar-refractivity contribution >= 4 is 11.6 Å². The minimum Gasteiger partial charge on any atom is -0.486 e. The van der Waals surface area contributed by atoms with E-state index in [2.05, 4.69) is 27.5 Å². The minimum absolute atomic E-state index is 0.250. The van der Waals surface area contributed by atoms with Crippen molar-refractivity contribution < 1.29 is 14.3 Å². The zero-order valence-electron chi connectivity index (χ0n) is 18.1. The van der Waals surface area contributed by atoms with Gasteiger partial charge in [-0.2, -0.15) is 0 Å². The standard InChI is InChI=1S/C25H24N4O3/c1-3-5-18-17(16-8-9-22-23(14-16)32-13-12-31-22)6-4-7-19(18)28-25(30)24-27-20-15-26-11-10-21(20)29(24)2/h4,6-9,14,26H,10-13,15H2,1-2H3,(H,28,30). The molecule has 0 atom stereocenters. The molecule has 32 heavy (non-hydrogen) atoms. The molecule has 0 aliphatic carbocycles. The first-order chi connectivity index (χ1) is 15.7. The van der Waals surface area contributed by atoms with Gasteiger partial charge in [0.15, 0.2) is 17.3 Å². The van der Waals surface area contributed by atoms with Gasteiger partial charge in [-0.25, -0.2) is 4.98 Å². The number of amides is 1. The first-order valence-electron chi connectivity index (χ1n) is 10.7. The highest BCUT2D eigenvalue weighted by molar-refractivity contribution is 6.03. The summed E-state index contributed by atoms with van der Waals surface area (Å²) in [6.07, 6.45) is 0.859. The van der Waals surface area contributed by atoms with Gasteiger partial charge in [0.1, 0.15) is 13.2 Å². The van der Waals surface area contributed by atoms with Crippen molar-refractivity contribution in [2.45, 2.75) is 19.9 Å². The third-order valence-electron chi connectivity index (χ3n) is 5.75. The van der Waals surface area contributed by atoms with Crippen molar-refractivity contribution in [2.24, 2.45) is 7.05 Å². The van der Waals surface area contributed by atoms with Gasteiger partial charge in [-0.3, -0.25) is 4.79 Å². The molecule has 0 fully saturated rings. The Morgan fingerprint density at radius 1 is 1.19 bits per heavy atom. The number of ether oxygens (including phenoxy) is 2. The lowest BCUT2D eigenvalue weighted by Gasteiger charge is -2.19. The number of hydrogen-bond donors (Lipinski definition) is 2. The van der Waals surface area contributed by atoms with Crippen molar-refractivity contribution in [3.8, 4) is 34.5 Å². The number of fused-ring (bicyclic) bond motifs is 2. The Bertz CT molecular complexity index is 1270. The van der Waals surface area contributed by atoms with Crippen LogP contribution < -0.4 is 20.1 Å². The summed E-state index contributed by atoms with van der Waals surface area (Å²) in [4.78, 5) is 17.7. The third-order valence-corrected chi connectivity index (χ3v) is 5.75. The molecule has 2 aliphatic heterocycles. The van der Waals surface area contributed by atoms with Crippen LogP contribution in [0.3, 0.4) is 0 Å². The quantitative estimate of drug-likeness (QED) is 0.627. The second-order valence-electron chi connectivity index (χ2n) is 7.73. The molecule has 7 nitrogen and oxygen atoms in total. The van der Waals surface area contributed by atoms with Crippen LogP contribution in [0.2, 0.25) is 0 Å². The lowest BCUT2D eigenvalue weighted by atomic mass is 9.97. The summed E-state index contributed by atoms with van der Waals surface area (Å²) < 4.78 is 13.3. The predicted molar refractivity (Wildman–Crippen MR) is 122 cm³/mol. The SMILES string of the molecule is CC#Cc1c(NC(=O)c2nc3c(n2C)CCNC3)cccc1-c1ccc2c(c1)OCCO2. The molecule has 5 rings (SSSR count). The topological polar surface area (TPSA) is 77.4 Å². The molecule has 0 unspecified atom stereocenters. The molecule has 2 aliphatic rings. The monoisotopic (exact) mass is 428 g/mol. The van der Waals surface area contributed by atoms with Crippen LogP contribution in [-0.4, -0.2) is 35.2 Å². The molecule has 3 heterocycles. The summed E-state index contributed by atoms with van der Waals surface area (Å²) in [6, 6.07) is 11.6. The second kappa shape index (κ2) is 8.40. The largest absolute Gasteiger partial charge is 0.486 e. The third kappa shape index (κ3) is 3.59. The Morgan fingerprint density at radius 2 is 2.03 bits per heavy atom. The maximum absolute atomic E-state index is 13.1. The first kappa shape index (κ1) is 20.2. The van der Waals surface area contributed by atoms with Crippen molar-refractivity contribution in [2.75, 3.05) is 25.1 Å². The van der Waals surface area contributed by atoms with Gasteiger partial charge in [0.25, 0.3) is 5.91 Å². The number of imidazole rings is 1. The number of nitrogens with zero attached hydrogens (tertiary/aromatic N) is 2. The maximum atomic E-state index is 13.1. The van der Waals surface area contributed by atoms with Crippen LogP contribution in [0.5, 0.6) is 11.5 Å². The van der Waals surface area contributed by atoms with Gasteiger partial charge in [-0.1, -0.05) is 24.1 Å². The van der Waals surface area contributed by atoms with E-state index < -0.39 is 0 Å². The molecule has 0 bridgehead atoms. The van der Waals surface area contributed by atoms with Crippen LogP contribution in [0.1, 0.15) is 34.5 Å². The lowest BCUT2D eigenvalue weighted by Crippen LogP contribution is -2.24. The molecule has 2 N–H and O–H groups in total. The average molecular weight is 428 g/mol. The van der Waals surface area contributed by atoms with Crippen LogP contribution >= 0.6 is 0 Å². The van der Waals surface area contributed by atoms with Gasteiger partial charge in [0, 0.05) is 32.3 Å². The molecule has 162 valence electrons. The van der Waals surface area contributed by atoms with E-state index in [0.717, 1.165) is 46.8 Å². The van der Waals surface area contributed by atoms with E-state index >= 15 is 0 Å². The number of hydrogen-bond acceptors (Lipinski definition) is 5. The molecular weight excluding hydrogens is 404 g/mol. The molecule has 0 saturated heterocycles. The summed E-state index contributed by atoms with van der Waals surface area (Å²) in [5, 5.41) is 6.33. The Morgan fingerprint density at radius 3 is 2.84 bits per heavy atom. The van der Waals surface area contributed by atoms with E-state index in [1.807, 2.05) is 48.0 Å². The van der Waals surface area contributed by atoms with Crippen LogP contribution in [0.4, 0.5) is 5.69 Å². The number of nitrogens with one attached hydrogen (secondary N) is 2. The summed E-state index contributed by atoms with van der Waals surface area (Å²) in [5.41, 5.74) is 5.30. The van der Waals surface area contributed by atoms with Crippen molar-refractivity contribution in [3.63, 3.8) is 0 Å². The van der Waals surface area contributed by atoms with Crippen LogP contribution in [0, 0.1) is 11.8 Å². The first-order valence-corrected chi connectivity index (χ1v) is 10.7. The van der Waals surface area contributed by atoms with Gasteiger partial charge in [-0.05, 0) is 36.2 Å². The lowest BCUT2D eigenvalue weighted by molar-refractivity contribution is 0.101.